The van der Waals surface area contributed by atoms with Crippen LogP contribution in [-0.4, -0.2) is 24.0 Å². The average molecular weight is 266 g/mol. The summed E-state index contributed by atoms with van der Waals surface area (Å²) in [6.07, 6.45) is 0. The van der Waals surface area contributed by atoms with Crippen molar-refractivity contribution in [1.29, 1.82) is 0 Å². The van der Waals surface area contributed by atoms with E-state index in [2.05, 4.69) is 67.2 Å². The molecule has 0 N–H and O–H groups in total. The van der Waals surface area contributed by atoms with E-state index < -0.39 is 0 Å². The summed E-state index contributed by atoms with van der Waals surface area (Å²) in [5.74, 6) is 0. The Balaban J connectivity index is 3.34. The fraction of sp³-hybridized carbons (Fsp3) is 1.00. The highest BCUT2D eigenvalue weighted by Gasteiger charge is 2.11. The Bertz CT molecular complexity index is 75.8. The summed E-state index contributed by atoms with van der Waals surface area (Å²) < 4.78 is 1.01. The first-order valence-electron chi connectivity index (χ1n) is 3.50. The smallest absolute Gasteiger partial charge is 0.0991 e. The third-order valence-electron chi connectivity index (χ3n) is 1.14. The van der Waals surface area contributed by atoms with Gasteiger partial charge in [-0.2, -0.15) is 0 Å². The third-order valence-corrected chi connectivity index (χ3v) is 1.75. The third kappa shape index (κ3) is 7.20. The van der Waals surface area contributed by atoms with Crippen LogP contribution in [0.2, 0.25) is 5.72 Å². The SMILES string of the molecule is CC([B][C@H](C)Br)[B][C@@H](C)Br. The van der Waals surface area contributed by atoms with Gasteiger partial charge in [0, 0.05) is 0 Å². The van der Waals surface area contributed by atoms with Crippen molar-refractivity contribution in [3.05, 3.63) is 0 Å². The monoisotopic (exact) mass is 264 g/mol. The molecule has 0 spiro atoms. The zero-order valence-corrected chi connectivity index (χ0v) is 9.81. The first-order chi connectivity index (χ1) is 4.52. The molecule has 2 radical (unpaired) electrons. The topological polar surface area (TPSA) is 0 Å². The molecule has 0 aromatic heterocycles. The summed E-state index contributed by atoms with van der Waals surface area (Å²) in [7, 11) is 4.52. The lowest BCUT2D eigenvalue weighted by atomic mass is 9.44. The van der Waals surface area contributed by atoms with Crippen LogP contribution in [0.15, 0.2) is 0 Å². The highest BCUT2D eigenvalue weighted by Crippen LogP contribution is 2.10. The van der Waals surface area contributed by atoms with Crippen LogP contribution in [0.25, 0.3) is 0 Å². The number of rotatable bonds is 4. The maximum absolute atomic E-state index is 3.47. The van der Waals surface area contributed by atoms with Crippen LogP contribution < -0.4 is 0 Å². The van der Waals surface area contributed by atoms with Crippen molar-refractivity contribution in [3.8, 4) is 0 Å². The predicted octanol–water partition coefficient (Wildman–Crippen LogP) is 2.64. The minimum absolute atomic E-state index is 0.505. The summed E-state index contributed by atoms with van der Waals surface area (Å²) in [6.45, 7) is 6.45. The van der Waals surface area contributed by atoms with E-state index in [0.717, 1.165) is 0 Å². The van der Waals surface area contributed by atoms with Crippen LogP contribution in [-0.2, 0) is 0 Å². The number of hydrogen-bond donors (Lipinski definition) is 0. The van der Waals surface area contributed by atoms with E-state index in [1.165, 1.54) is 0 Å². The molecule has 0 saturated carbocycles. The van der Waals surface area contributed by atoms with Crippen molar-refractivity contribution < 1.29 is 0 Å². The molecule has 0 bridgehead atoms. The van der Waals surface area contributed by atoms with Crippen molar-refractivity contribution in [2.75, 3.05) is 0 Å². The summed E-state index contributed by atoms with van der Waals surface area (Å²) in [5, 5.41) is 0. The maximum Gasteiger partial charge on any atom is 0.122 e. The number of halogens is 2. The second-order valence-electron chi connectivity index (χ2n) is 2.60. The number of hydrogen-bond acceptors (Lipinski definition) is 0. The summed E-state index contributed by atoms with van der Waals surface area (Å²) in [6, 6.07) is 0. The summed E-state index contributed by atoms with van der Waals surface area (Å²) in [5.41, 5.74) is 0.573. The molecule has 0 fully saturated rings. The van der Waals surface area contributed by atoms with Gasteiger partial charge in [-0.25, -0.2) is 0 Å². The molecule has 0 saturated heterocycles. The van der Waals surface area contributed by atoms with E-state index in [1.807, 2.05) is 0 Å². The minimum Gasteiger partial charge on any atom is -0.0991 e. The Morgan fingerprint density at radius 1 is 0.900 bits per heavy atom. The van der Waals surface area contributed by atoms with Gasteiger partial charge in [-0.15, -0.1) is 0 Å². The van der Waals surface area contributed by atoms with Gasteiger partial charge in [-0.3, -0.25) is 0 Å². The van der Waals surface area contributed by atoms with Crippen LogP contribution in [0.3, 0.4) is 0 Å². The molecule has 0 heterocycles. The van der Waals surface area contributed by atoms with Crippen LogP contribution >= 0.6 is 31.9 Å². The normalized spacial score (nSPS) is 19.3. The highest BCUT2D eigenvalue weighted by atomic mass is 79.9. The molecule has 0 aliphatic carbocycles. The van der Waals surface area contributed by atoms with Crippen LogP contribution in [0.1, 0.15) is 20.8 Å². The van der Waals surface area contributed by atoms with E-state index in [4.69, 9.17) is 0 Å². The van der Waals surface area contributed by atoms with Crippen molar-refractivity contribution in [3.63, 3.8) is 0 Å². The van der Waals surface area contributed by atoms with Crippen LogP contribution in [0.4, 0.5) is 0 Å². The standard InChI is InChI=1S/C6H12B2Br2/c1-4(7-5(2)9)8-6(3)10/h4-6H,1-3H3/t4?,5-,6+. The van der Waals surface area contributed by atoms with Crippen LogP contribution in [0, 0.1) is 0 Å². The molecule has 10 heavy (non-hydrogen) atoms. The van der Waals surface area contributed by atoms with Gasteiger partial charge in [0.2, 0.25) is 0 Å². The molecule has 0 nitrogen and oxygen atoms in total. The largest absolute Gasteiger partial charge is 0.122 e. The van der Waals surface area contributed by atoms with Gasteiger partial charge < -0.3 is 0 Å². The van der Waals surface area contributed by atoms with E-state index in [9.17, 15) is 0 Å². The van der Waals surface area contributed by atoms with Gasteiger partial charge in [0.05, 0.1) is 0 Å². The average Bonchev–Trinajstić information content (AvgIpc) is 1.58. The van der Waals surface area contributed by atoms with Gasteiger partial charge >= 0.3 is 0 Å². The van der Waals surface area contributed by atoms with Crippen molar-refractivity contribution >= 4 is 46.4 Å². The Kier molecular flexibility index (Phi) is 6.33. The quantitative estimate of drug-likeness (QED) is 0.541. The number of alkyl halides is 2. The van der Waals surface area contributed by atoms with Crippen molar-refractivity contribution in [1.82, 2.24) is 0 Å². The minimum atomic E-state index is 0.505. The van der Waals surface area contributed by atoms with Crippen molar-refractivity contribution in [2.24, 2.45) is 0 Å². The molecule has 1 unspecified atom stereocenters. The lowest BCUT2D eigenvalue weighted by molar-refractivity contribution is 1.22. The van der Waals surface area contributed by atoms with Gasteiger partial charge in [0.15, 0.2) is 0 Å². The molecule has 0 aliphatic heterocycles. The summed E-state index contributed by atoms with van der Waals surface area (Å²) >= 11 is 6.95. The van der Waals surface area contributed by atoms with Gasteiger partial charge in [-0.1, -0.05) is 58.3 Å². The molecule has 0 amide bonds. The first-order valence-corrected chi connectivity index (χ1v) is 5.33. The Morgan fingerprint density at radius 3 is 1.40 bits per heavy atom. The fourth-order valence-corrected chi connectivity index (χ4v) is 1.86. The second-order valence-corrected chi connectivity index (χ2v) is 5.49. The molecule has 4 heteroatoms. The lowest BCUT2D eigenvalue weighted by Crippen LogP contribution is -2.20. The zero-order valence-electron chi connectivity index (χ0n) is 6.64. The highest BCUT2D eigenvalue weighted by molar-refractivity contribution is 9.10. The Labute approximate surface area is 82.3 Å². The van der Waals surface area contributed by atoms with Gasteiger partial charge in [0.25, 0.3) is 0 Å². The molecule has 0 aromatic rings. The predicted molar refractivity (Wildman–Crippen MR) is 57.7 cm³/mol. The van der Waals surface area contributed by atoms with E-state index in [0.29, 0.717) is 15.2 Å². The van der Waals surface area contributed by atoms with Crippen molar-refractivity contribution in [2.45, 2.75) is 35.9 Å². The fourth-order valence-electron chi connectivity index (χ4n) is 0.901. The van der Waals surface area contributed by atoms with E-state index >= 15 is 0 Å². The first kappa shape index (κ1) is 11.1. The molecule has 3 atom stereocenters. The lowest BCUT2D eigenvalue weighted by Gasteiger charge is -2.10. The molecule has 0 aliphatic rings. The zero-order chi connectivity index (χ0) is 8.15. The van der Waals surface area contributed by atoms with E-state index in [-0.39, 0.29) is 0 Å². The molecule has 0 aromatic carbocycles. The molecule has 0 rings (SSSR count). The Hall–Kier alpha value is 1.09. The van der Waals surface area contributed by atoms with Gasteiger partial charge in [0.1, 0.15) is 14.6 Å². The maximum atomic E-state index is 3.47. The van der Waals surface area contributed by atoms with Crippen LogP contribution in [0.5, 0.6) is 0 Å². The molecule has 56 valence electrons. The summed E-state index contributed by atoms with van der Waals surface area (Å²) in [4.78, 5) is 0. The van der Waals surface area contributed by atoms with Gasteiger partial charge in [-0.05, 0) is 9.45 Å². The second kappa shape index (κ2) is 5.70. The molecular formula is C6H12B2Br2. The molecular weight excluding hydrogens is 253 g/mol. The van der Waals surface area contributed by atoms with E-state index in [1.54, 1.807) is 0 Å². The Morgan fingerprint density at radius 2 is 1.20 bits per heavy atom.